The number of aldehydes is 1. The van der Waals surface area contributed by atoms with Crippen LogP contribution in [0.2, 0.25) is 0 Å². The Kier molecular flexibility index (Phi) is 15.2. The molecule has 3 amide bonds. The molecule has 7 nitrogen and oxygen atoms in total. The summed E-state index contributed by atoms with van der Waals surface area (Å²) in [5.74, 6) is -0.799. The molecule has 1 rings (SSSR count). The summed E-state index contributed by atoms with van der Waals surface area (Å²) in [6.07, 6.45) is 15.1. The second-order valence-corrected chi connectivity index (χ2v) is 10.6. The Morgan fingerprint density at radius 3 is 2.43 bits per heavy atom. The SMILES string of the molecule is CCCCCCCC1CCC/C=C/CC(C(=O)N(C)C)CC(C=O)NC(=O)C(CC(C)C)NC1=O. The van der Waals surface area contributed by atoms with Crippen LogP contribution in [0.15, 0.2) is 12.2 Å². The van der Waals surface area contributed by atoms with Crippen LogP contribution in [-0.2, 0) is 19.2 Å². The Morgan fingerprint density at radius 1 is 1.09 bits per heavy atom. The first kappa shape index (κ1) is 30.9. The minimum atomic E-state index is -0.782. The molecule has 0 saturated heterocycles. The van der Waals surface area contributed by atoms with Crippen LogP contribution in [0.4, 0.5) is 0 Å². The third-order valence-electron chi connectivity index (χ3n) is 6.70. The lowest BCUT2D eigenvalue weighted by atomic mass is 9.93. The fourth-order valence-electron chi connectivity index (χ4n) is 4.66. The molecule has 4 atom stereocenters. The van der Waals surface area contributed by atoms with Crippen LogP contribution in [0, 0.1) is 17.8 Å². The number of hydrogen-bond donors (Lipinski definition) is 2. The van der Waals surface area contributed by atoms with Crippen molar-refractivity contribution < 1.29 is 19.2 Å². The molecule has 0 aromatic heterocycles. The molecule has 0 radical (unpaired) electrons. The lowest BCUT2D eigenvalue weighted by Crippen LogP contribution is -2.52. The fourth-order valence-corrected chi connectivity index (χ4v) is 4.66. The van der Waals surface area contributed by atoms with E-state index in [4.69, 9.17) is 0 Å². The van der Waals surface area contributed by atoms with Crippen LogP contribution >= 0.6 is 0 Å². The number of nitrogens with zero attached hydrogens (tertiary/aromatic N) is 1. The first-order valence-corrected chi connectivity index (χ1v) is 13.6. The largest absolute Gasteiger partial charge is 0.349 e. The Labute approximate surface area is 212 Å². The Morgan fingerprint density at radius 2 is 1.80 bits per heavy atom. The minimum absolute atomic E-state index is 0.0600. The second kappa shape index (κ2) is 17.3. The average Bonchev–Trinajstić information content (AvgIpc) is 2.81. The molecule has 1 aliphatic rings. The van der Waals surface area contributed by atoms with E-state index in [1.54, 1.807) is 14.1 Å². The second-order valence-electron chi connectivity index (χ2n) is 10.6. The summed E-state index contributed by atoms with van der Waals surface area (Å²) in [7, 11) is 3.40. The lowest BCUT2D eigenvalue weighted by Gasteiger charge is -2.26. The van der Waals surface area contributed by atoms with Crippen molar-refractivity contribution in [1.29, 1.82) is 0 Å². The third kappa shape index (κ3) is 12.4. The van der Waals surface area contributed by atoms with Crippen molar-refractivity contribution in [3.63, 3.8) is 0 Å². The van der Waals surface area contributed by atoms with Gasteiger partial charge >= 0.3 is 0 Å². The number of carbonyl (C=O) groups is 4. The maximum absolute atomic E-state index is 13.2. The van der Waals surface area contributed by atoms with Gasteiger partial charge in [0.1, 0.15) is 12.3 Å². The zero-order chi connectivity index (χ0) is 26.2. The average molecular weight is 492 g/mol. The maximum atomic E-state index is 13.2. The Bertz CT molecular complexity index is 690. The molecule has 4 unspecified atom stereocenters. The molecular weight excluding hydrogens is 442 g/mol. The van der Waals surface area contributed by atoms with E-state index >= 15 is 0 Å². The van der Waals surface area contributed by atoms with Crippen LogP contribution in [0.25, 0.3) is 0 Å². The minimum Gasteiger partial charge on any atom is -0.349 e. The normalized spacial score (nSPS) is 25.7. The molecule has 0 fully saturated rings. The predicted molar refractivity (Wildman–Crippen MR) is 141 cm³/mol. The Balaban J connectivity index is 3.08. The van der Waals surface area contributed by atoms with E-state index in [2.05, 4.69) is 23.6 Å². The van der Waals surface area contributed by atoms with Gasteiger partial charge in [0.15, 0.2) is 0 Å². The maximum Gasteiger partial charge on any atom is 0.243 e. The van der Waals surface area contributed by atoms with Crippen LogP contribution < -0.4 is 10.6 Å². The van der Waals surface area contributed by atoms with Crippen LogP contribution in [0.3, 0.4) is 0 Å². The Hall–Kier alpha value is -2.18. The smallest absolute Gasteiger partial charge is 0.243 e. The number of unbranched alkanes of at least 4 members (excludes halogenated alkanes) is 4. The molecule has 0 spiro atoms. The fraction of sp³-hybridized carbons (Fsp3) is 0.786. The first-order valence-electron chi connectivity index (χ1n) is 13.6. The number of rotatable bonds is 10. The molecule has 0 aromatic rings. The number of amides is 3. The van der Waals surface area contributed by atoms with Gasteiger partial charge in [0.25, 0.3) is 0 Å². The molecule has 0 aliphatic carbocycles. The van der Waals surface area contributed by atoms with Crippen LogP contribution in [0.5, 0.6) is 0 Å². The molecule has 0 aromatic carbocycles. The zero-order valence-electron chi connectivity index (χ0n) is 22.7. The summed E-state index contributed by atoms with van der Waals surface area (Å²) in [6.45, 7) is 6.21. The van der Waals surface area contributed by atoms with Gasteiger partial charge in [0.2, 0.25) is 17.7 Å². The van der Waals surface area contributed by atoms with Crippen molar-refractivity contribution in [1.82, 2.24) is 15.5 Å². The van der Waals surface area contributed by atoms with Crippen molar-refractivity contribution >= 4 is 24.0 Å². The molecule has 1 aliphatic heterocycles. The summed E-state index contributed by atoms with van der Waals surface area (Å²) >= 11 is 0. The lowest BCUT2D eigenvalue weighted by molar-refractivity contribution is -0.134. The highest BCUT2D eigenvalue weighted by molar-refractivity contribution is 5.90. The standard InChI is InChI=1S/C28H49N3O4/c1-6-7-8-9-12-15-22-16-13-10-11-14-17-23(28(35)31(4)5)19-24(20-32)29-27(34)25(18-21(2)3)30-26(22)33/h11,14,20-25H,6-10,12-13,15-19H2,1-5H3,(H,29,34)(H,30,33)/b14-11+. The molecule has 200 valence electrons. The first-order chi connectivity index (χ1) is 16.7. The van der Waals surface area contributed by atoms with Gasteiger partial charge in [-0.3, -0.25) is 14.4 Å². The highest BCUT2D eigenvalue weighted by atomic mass is 16.2. The molecule has 2 N–H and O–H groups in total. The zero-order valence-corrected chi connectivity index (χ0v) is 22.7. The summed E-state index contributed by atoms with van der Waals surface area (Å²) in [4.78, 5) is 52.5. The molecule has 35 heavy (non-hydrogen) atoms. The molecular formula is C28H49N3O4. The number of hydrogen-bond acceptors (Lipinski definition) is 4. The summed E-state index contributed by atoms with van der Waals surface area (Å²) in [6, 6.07) is -1.48. The van der Waals surface area contributed by atoms with E-state index in [-0.39, 0.29) is 36.0 Å². The topological polar surface area (TPSA) is 95.6 Å². The van der Waals surface area contributed by atoms with E-state index in [0.29, 0.717) is 19.1 Å². The van der Waals surface area contributed by atoms with Gasteiger partial charge < -0.3 is 20.3 Å². The summed E-state index contributed by atoms with van der Waals surface area (Å²) in [5.41, 5.74) is 0. The van der Waals surface area contributed by atoms with E-state index < -0.39 is 18.0 Å². The highest BCUT2D eigenvalue weighted by Crippen LogP contribution is 2.21. The molecule has 0 bridgehead atoms. The van der Waals surface area contributed by atoms with Crippen molar-refractivity contribution in [3.05, 3.63) is 12.2 Å². The summed E-state index contributed by atoms with van der Waals surface area (Å²) < 4.78 is 0. The van der Waals surface area contributed by atoms with E-state index in [9.17, 15) is 19.2 Å². The van der Waals surface area contributed by atoms with Gasteiger partial charge in [0.05, 0.1) is 6.04 Å². The van der Waals surface area contributed by atoms with E-state index in [1.807, 2.05) is 19.9 Å². The molecule has 0 saturated carbocycles. The quantitative estimate of drug-likeness (QED) is 0.269. The van der Waals surface area contributed by atoms with E-state index in [1.165, 1.54) is 24.2 Å². The molecule has 7 heteroatoms. The van der Waals surface area contributed by atoms with Gasteiger partial charge in [-0.15, -0.1) is 0 Å². The van der Waals surface area contributed by atoms with Crippen molar-refractivity contribution in [3.8, 4) is 0 Å². The molecule has 1 heterocycles. The van der Waals surface area contributed by atoms with Crippen LogP contribution in [-0.4, -0.2) is 55.1 Å². The third-order valence-corrected chi connectivity index (χ3v) is 6.70. The van der Waals surface area contributed by atoms with Crippen molar-refractivity contribution in [2.45, 2.75) is 110 Å². The number of allylic oxidation sites excluding steroid dienone is 2. The van der Waals surface area contributed by atoms with Crippen molar-refractivity contribution in [2.75, 3.05) is 14.1 Å². The monoisotopic (exact) mass is 491 g/mol. The van der Waals surface area contributed by atoms with Gasteiger partial charge in [-0.2, -0.15) is 0 Å². The van der Waals surface area contributed by atoms with Gasteiger partial charge in [-0.1, -0.05) is 65.0 Å². The predicted octanol–water partition coefficient (Wildman–Crippen LogP) is 4.40. The van der Waals surface area contributed by atoms with Gasteiger partial charge in [-0.25, -0.2) is 0 Å². The van der Waals surface area contributed by atoms with Gasteiger partial charge in [-0.05, 0) is 50.9 Å². The number of nitrogens with one attached hydrogen (secondary N) is 2. The van der Waals surface area contributed by atoms with Gasteiger partial charge in [0, 0.05) is 25.9 Å². The number of carbonyl (C=O) groups excluding carboxylic acids is 4. The summed E-state index contributed by atoms with van der Waals surface area (Å²) in [5, 5.41) is 5.81. The van der Waals surface area contributed by atoms with E-state index in [0.717, 1.165) is 38.5 Å². The van der Waals surface area contributed by atoms with Crippen molar-refractivity contribution in [2.24, 2.45) is 17.8 Å². The van der Waals surface area contributed by atoms with Crippen LogP contribution in [0.1, 0.15) is 97.8 Å². The highest BCUT2D eigenvalue weighted by Gasteiger charge is 2.29.